The number of aryl methyl sites for hydroxylation is 1. The molecule has 0 aromatic heterocycles. The Morgan fingerprint density at radius 3 is 2.56 bits per heavy atom. The first kappa shape index (κ1) is 14.2. The van der Waals surface area contributed by atoms with Gasteiger partial charge in [0.25, 0.3) is 5.91 Å². The van der Waals surface area contributed by atoms with Gasteiger partial charge in [0.15, 0.2) is 0 Å². The van der Waals surface area contributed by atoms with Gasteiger partial charge in [0, 0.05) is 5.56 Å². The molecule has 1 amide bonds. The number of rotatable bonds is 4. The van der Waals surface area contributed by atoms with Gasteiger partial charge in [0.05, 0.1) is 6.61 Å². The summed E-state index contributed by atoms with van der Waals surface area (Å²) >= 11 is 0. The van der Waals surface area contributed by atoms with E-state index in [1.165, 1.54) is 0 Å². The van der Waals surface area contributed by atoms with E-state index in [9.17, 15) is 9.59 Å². The van der Waals surface area contributed by atoms with E-state index in [0.29, 0.717) is 12.2 Å². The van der Waals surface area contributed by atoms with Crippen LogP contribution in [0, 0.1) is 6.92 Å². The predicted octanol–water partition coefficient (Wildman–Crippen LogP) is 2.07. The van der Waals surface area contributed by atoms with Crippen LogP contribution in [0.4, 0.5) is 0 Å². The first-order valence-corrected chi connectivity index (χ1v) is 5.93. The van der Waals surface area contributed by atoms with Gasteiger partial charge in [-0.05, 0) is 39.8 Å². The van der Waals surface area contributed by atoms with Crippen molar-refractivity contribution in [1.82, 2.24) is 5.32 Å². The Morgan fingerprint density at radius 2 is 2.00 bits per heavy atom. The predicted molar refractivity (Wildman–Crippen MR) is 69.4 cm³/mol. The molecular weight excluding hydrogens is 230 g/mol. The summed E-state index contributed by atoms with van der Waals surface area (Å²) in [5, 5.41) is 2.67. The minimum atomic E-state index is -1.03. The molecule has 0 unspecified atom stereocenters. The maximum absolute atomic E-state index is 12.0. The summed E-state index contributed by atoms with van der Waals surface area (Å²) in [6, 6.07) is 7.20. The lowest BCUT2D eigenvalue weighted by Crippen LogP contribution is -2.50. The number of hydrogen-bond acceptors (Lipinski definition) is 3. The third-order valence-electron chi connectivity index (χ3n) is 2.49. The number of hydrogen-bond donors (Lipinski definition) is 1. The lowest BCUT2D eigenvalue weighted by Gasteiger charge is -2.23. The van der Waals surface area contributed by atoms with Gasteiger partial charge in [0.2, 0.25) is 0 Å². The van der Waals surface area contributed by atoms with Crippen LogP contribution in [0.5, 0.6) is 0 Å². The van der Waals surface area contributed by atoms with Crippen molar-refractivity contribution in [3.05, 3.63) is 35.4 Å². The maximum atomic E-state index is 12.0. The lowest BCUT2D eigenvalue weighted by molar-refractivity contribution is -0.149. The summed E-state index contributed by atoms with van der Waals surface area (Å²) in [5.74, 6) is -0.720. The molecule has 1 aromatic carbocycles. The molecule has 0 atom stereocenters. The molecular formula is C14H19NO3. The largest absolute Gasteiger partial charge is 0.464 e. The van der Waals surface area contributed by atoms with Crippen LogP contribution in [0.2, 0.25) is 0 Å². The van der Waals surface area contributed by atoms with Crippen molar-refractivity contribution in [1.29, 1.82) is 0 Å². The van der Waals surface area contributed by atoms with Crippen LogP contribution in [-0.4, -0.2) is 24.0 Å². The highest BCUT2D eigenvalue weighted by atomic mass is 16.5. The zero-order chi connectivity index (χ0) is 13.8. The summed E-state index contributed by atoms with van der Waals surface area (Å²) in [6.45, 7) is 7.18. The molecule has 0 aliphatic carbocycles. The molecule has 98 valence electrons. The molecule has 0 bridgehead atoms. The van der Waals surface area contributed by atoms with Crippen LogP contribution in [0.15, 0.2) is 24.3 Å². The van der Waals surface area contributed by atoms with Gasteiger partial charge in [-0.15, -0.1) is 0 Å². The fourth-order valence-corrected chi connectivity index (χ4v) is 1.50. The van der Waals surface area contributed by atoms with Crippen molar-refractivity contribution < 1.29 is 14.3 Å². The Balaban J connectivity index is 2.78. The Labute approximate surface area is 107 Å². The molecule has 0 radical (unpaired) electrons. The van der Waals surface area contributed by atoms with E-state index < -0.39 is 11.5 Å². The second-order valence-electron chi connectivity index (χ2n) is 4.67. The van der Waals surface area contributed by atoms with E-state index in [0.717, 1.165) is 5.56 Å². The highest BCUT2D eigenvalue weighted by molar-refractivity contribution is 5.98. The van der Waals surface area contributed by atoms with Gasteiger partial charge in [-0.3, -0.25) is 4.79 Å². The highest BCUT2D eigenvalue weighted by Crippen LogP contribution is 2.09. The normalized spacial score (nSPS) is 10.9. The Hall–Kier alpha value is -1.84. The summed E-state index contributed by atoms with van der Waals surface area (Å²) < 4.78 is 4.91. The van der Waals surface area contributed by atoms with E-state index in [1.807, 2.05) is 19.1 Å². The summed E-state index contributed by atoms with van der Waals surface area (Å²) in [6.07, 6.45) is 0. The van der Waals surface area contributed by atoms with Crippen LogP contribution in [0.3, 0.4) is 0 Å². The summed E-state index contributed by atoms with van der Waals surface area (Å²) in [5.41, 5.74) is 0.501. The number of esters is 1. The SMILES string of the molecule is CCOC(=O)C(C)(C)NC(=O)c1cccc(C)c1. The maximum Gasteiger partial charge on any atom is 0.331 e. The van der Waals surface area contributed by atoms with Crippen molar-refractivity contribution in [2.45, 2.75) is 33.2 Å². The number of carbonyl (C=O) groups excluding carboxylic acids is 2. The zero-order valence-electron chi connectivity index (χ0n) is 11.2. The fourth-order valence-electron chi connectivity index (χ4n) is 1.50. The van der Waals surface area contributed by atoms with Gasteiger partial charge >= 0.3 is 5.97 Å². The molecule has 1 rings (SSSR count). The van der Waals surface area contributed by atoms with Crippen LogP contribution in [0.25, 0.3) is 0 Å². The van der Waals surface area contributed by atoms with Crippen molar-refractivity contribution in [2.24, 2.45) is 0 Å². The van der Waals surface area contributed by atoms with E-state index in [-0.39, 0.29) is 5.91 Å². The smallest absolute Gasteiger partial charge is 0.331 e. The van der Waals surface area contributed by atoms with Gasteiger partial charge in [-0.2, -0.15) is 0 Å². The molecule has 0 fully saturated rings. The van der Waals surface area contributed by atoms with E-state index in [4.69, 9.17) is 4.74 Å². The topological polar surface area (TPSA) is 55.4 Å². The van der Waals surface area contributed by atoms with Gasteiger partial charge < -0.3 is 10.1 Å². The number of amides is 1. The van der Waals surface area contributed by atoms with E-state index >= 15 is 0 Å². The molecule has 0 saturated carbocycles. The molecule has 0 aliphatic heterocycles. The fraction of sp³-hybridized carbons (Fsp3) is 0.429. The summed E-state index contributed by atoms with van der Waals surface area (Å²) in [4.78, 5) is 23.7. The monoisotopic (exact) mass is 249 g/mol. The molecule has 0 saturated heterocycles. The lowest BCUT2D eigenvalue weighted by atomic mass is 10.0. The summed E-state index contributed by atoms with van der Waals surface area (Å²) in [7, 11) is 0. The van der Waals surface area contributed by atoms with E-state index in [1.54, 1.807) is 32.9 Å². The van der Waals surface area contributed by atoms with Crippen molar-refractivity contribution >= 4 is 11.9 Å². The molecule has 0 aliphatic rings. The highest BCUT2D eigenvalue weighted by Gasteiger charge is 2.31. The molecule has 1 N–H and O–H groups in total. The quantitative estimate of drug-likeness (QED) is 0.831. The van der Waals surface area contributed by atoms with Crippen molar-refractivity contribution in [3.8, 4) is 0 Å². The first-order chi connectivity index (χ1) is 8.36. The minimum Gasteiger partial charge on any atom is -0.464 e. The molecule has 18 heavy (non-hydrogen) atoms. The molecule has 4 nitrogen and oxygen atoms in total. The second kappa shape index (κ2) is 5.67. The Kier molecular flexibility index (Phi) is 4.48. The van der Waals surface area contributed by atoms with Crippen LogP contribution in [0.1, 0.15) is 36.7 Å². The number of benzene rings is 1. The average Bonchev–Trinajstić information content (AvgIpc) is 2.28. The van der Waals surface area contributed by atoms with Gasteiger partial charge in [-0.25, -0.2) is 4.79 Å². The van der Waals surface area contributed by atoms with Crippen LogP contribution < -0.4 is 5.32 Å². The molecule has 0 heterocycles. The second-order valence-corrected chi connectivity index (χ2v) is 4.67. The third kappa shape index (κ3) is 3.58. The standard InChI is InChI=1S/C14H19NO3/c1-5-18-13(17)14(3,4)15-12(16)11-8-6-7-10(2)9-11/h6-9H,5H2,1-4H3,(H,15,16). The average molecular weight is 249 g/mol. The van der Waals surface area contributed by atoms with Crippen molar-refractivity contribution in [3.63, 3.8) is 0 Å². The Bertz CT molecular complexity index is 452. The number of carbonyl (C=O) groups is 2. The molecule has 1 aromatic rings. The Morgan fingerprint density at radius 1 is 1.33 bits per heavy atom. The number of nitrogens with one attached hydrogen (secondary N) is 1. The van der Waals surface area contributed by atoms with Gasteiger partial charge in [-0.1, -0.05) is 17.7 Å². The third-order valence-corrected chi connectivity index (χ3v) is 2.49. The van der Waals surface area contributed by atoms with Crippen LogP contribution in [-0.2, 0) is 9.53 Å². The molecule has 0 spiro atoms. The molecule has 4 heteroatoms. The number of ether oxygens (including phenoxy) is 1. The first-order valence-electron chi connectivity index (χ1n) is 5.93. The van der Waals surface area contributed by atoms with Crippen LogP contribution >= 0.6 is 0 Å². The zero-order valence-corrected chi connectivity index (χ0v) is 11.2. The van der Waals surface area contributed by atoms with Crippen molar-refractivity contribution in [2.75, 3.05) is 6.61 Å². The van der Waals surface area contributed by atoms with Gasteiger partial charge in [0.1, 0.15) is 5.54 Å². The minimum absolute atomic E-state index is 0.281. The van der Waals surface area contributed by atoms with E-state index in [2.05, 4.69) is 5.32 Å².